The lowest BCUT2D eigenvalue weighted by atomic mass is 9.90. The zero-order valence-corrected chi connectivity index (χ0v) is 19.4. The van der Waals surface area contributed by atoms with E-state index >= 15 is 0 Å². The standard InChI is InChI=1S/C25H25N3O2S2/c29-24-23(32-25(28-24)27-15-19-7-4-12-31-19)14-18-8-9-21-20(13-18)22(10-11-26-21)30-16-17-5-2-1-3-6-17/h4,7-14,17H,1-3,5-6,15-16H2,(H,27,28,29)/b23-14-. The van der Waals surface area contributed by atoms with Gasteiger partial charge in [0.15, 0.2) is 5.17 Å². The Morgan fingerprint density at radius 1 is 1.19 bits per heavy atom. The number of rotatable bonds is 6. The van der Waals surface area contributed by atoms with Crippen LogP contribution in [0.3, 0.4) is 0 Å². The molecule has 1 saturated carbocycles. The molecule has 0 spiro atoms. The van der Waals surface area contributed by atoms with Crippen molar-refractivity contribution < 1.29 is 9.53 Å². The van der Waals surface area contributed by atoms with Gasteiger partial charge >= 0.3 is 0 Å². The summed E-state index contributed by atoms with van der Waals surface area (Å²) in [4.78, 5) is 23.3. The molecule has 0 unspecified atom stereocenters. The minimum atomic E-state index is -0.111. The van der Waals surface area contributed by atoms with Gasteiger partial charge in [0.2, 0.25) is 0 Å². The summed E-state index contributed by atoms with van der Waals surface area (Å²) in [7, 11) is 0. The summed E-state index contributed by atoms with van der Waals surface area (Å²) in [6, 6.07) is 12.0. The molecule has 5 rings (SSSR count). The number of thiophene rings is 1. The Labute approximate surface area is 196 Å². The van der Waals surface area contributed by atoms with Gasteiger partial charge in [0, 0.05) is 16.5 Å². The van der Waals surface area contributed by atoms with Gasteiger partial charge < -0.3 is 10.1 Å². The molecule has 1 saturated heterocycles. The quantitative estimate of drug-likeness (QED) is 0.454. The first-order valence-corrected chi connectivity index (χ1v) is 12.7. The van der Waals surface area contributed by atoms with Crippen LogP contribution in [-0.2, 0) is 11.3 Å². The van der Waals surface area contributed by atoms with Crippen molar-refractivity contribution in [2.75, 3.05) is 6.61 Å². The molecular weight excluding hydrogens is 438 g/mol. The SMILES string of the molecule is O=C1NC(=NCc2cccs2)S/C1=C\c1ccc2nccc(OCC3CCCCC3)c2c1. The molecule has 5 nitrogen and oxygen atoms in total. The molecule has 1 aromatic carbocycles. The number of aliphatic imine (C=N–C) groups is 1. The van der Waals surface area contributed by atoms with Crippen LogP contribution in [0.5, 0.6) is 5.75 Å². The van der Waals surface area contributed by atoms with Crippen molar-refractivity contribution in [3.05, 3.63) is 63.3 Å². The normalized spacial score (nSPS) is 19.7. The number of carbonyl (C=O) groups excluding carboxylic acids is 1. The smallest absolute Gasteiger partial charge is 0.264 e. The van der Waals surface area contributed by atoms with Gasteiger partial charge in [-0.3, -0.25) is 14.8 Å². The monoisotopic (exact) mass is 463 g/mol. The van der Waals surface area contributed by atoms with Crippen LogP contribution in [0.15, 0.2) is 57.9 Å². The molecule has 2 aliphatic rings. The van der Waals surface area contributed by atoms with Crippen molar-refractivity contribution >= 4 is 51.2 Å². The van der Waals surface area contributed by atoms with Crippen LogP contribution in [0.1, 0.15) is 42.5 Å². The number of ether oxygens (including phenoxy) is 1. The van der Waals surface area contributed by atoms with Crippen LogP contribution in [-0.4, -0.2) is 22.7 Å². The Hall–Kier alpha value is -2.64. The fourth-order valence-corrected chi connectivity index (χ4v) is 5.57. The summed E-state index contributed by atoms with van der Waals surface area (Å²) >= 11 is 3.05. The molecule has 32 heavy (non-hydrogen) atoms. The highest BCUT2D eigenvalue weighted by Gasteiger charge is 2.23. The Morgan fingerprint density at radius 2 is 2.09 bits per heavy atom. The lowest BCUT2D eigenvalue weighted by Gasteiger charge is -2.22. The second-order valence-electron chi connectivity index (χ2n) is 8.17. The van der Waals surface area contributed by atoms with Crippen molar-refractivity contribution in [1.82, 2.24) is 10.3 Å². The third kappa shape index (κ3) is 5.05. The van der Waals surface area contributed by atoms with E-state index in [0.29, 0.717) is 22.5 Å². The molecule has 2 aromatic heterocycles. The Morgan fingerprint density at radius 3 is 2.94 bits per heavy atom. The number of fused-ring (bicyclic) bond motifs is 1. The molecule has 1 amide bonds. The maximum atomic E-state index is 12.4. The number of nitrogens with zero attached hydrogens (tertiary/aromatic N) is 2. The first-order valence-electron chi connectivity index (χ1n) is 11.0. The first-order chi connectivity index (χ1) is 15.7. The number of nitrogens with one attached hydrogen (secondary N) is 1. The van der Waals surface area contributed by atoms with Gasteiger partial charge in [-0.15, -0.1) is 11.3 Å². The molecular formula is C25H25N3O2S2. The maximum absolute atomic E-state index is 12.4. The van der Waals surface area contributed by atoms with E-state index in [4.69, 9.17) is 4.74 Å². The first kappa shape index (κ1) is 21.2. The lowest BCUT2D eigenvalue weighted by Crippen LogP contribution is -2.19. The fourth-order valence-electron chi connectivity index (χ4n) is 4.12. The van der Waals surface area contributed by atoms with Crippen LogP contribution in [0.2, 0.25) is 0 Å². The fraction of sp³-hybridized carbons (Fsp3) is 0.320. The minimum absolute atomic E-state index is 0.111. The Kier molecular flexibility index (Phi) is 6.55. The molecule has 0 bridgehead atoms. The number of aromatic nitrogens is 1. The molecule has 3 aromatic rings. The van der Waals surface area contributed by atoms with Gasteiger partial charge in [-0.25, -0.2) is 0 Å². The summed E-state index contributed by atoms with van der Waals surface area (Å²) in [6.07, 6.45) is 10.2. The van der Waals surface area contributed by atoms with E-state index in [2.05, 4.69) is 21.4 Å². The molecule has 164 valence electrons. The largest absolute Gasteiger partial charge is 0.493 e. The number of benzene rings is 1. The zero-order valence-electron chi connectivity index (χ0n) is 17.8. The zero-order chi connectivity index (χ0) is 21.8. The van der Waals surface area contributed by atoms with E-state index in [0.717, 1.165) is 28.8 Å². The van der Waals surface area contributed by atoms with Crippen molar-refractivity contribution in [2.45, 2.75) is 38.6 Å². The topological polar surface area (TPSA) is 63.6 Å². The Bertz CT molecular complexity index is 1170. The number of thioether (sulfide) groups is 1. The predicted molar refractivity (Wildman–Crippen MR) is 133 cm³/mol. The number of hydrogen-bond donors (Lipinski definition) is 1. The third-order valence-electron chi connectivity index (χ3n) is 5.83. The summed E-state index contributed by atoms with van der Waals surface area (Å²) < 4.78 is 6.23. The van der Waals surface area contributed by atoms with Crippen molar-refractivity contribution in [1.29, 1.82) is 0 Å². The number of pyridine rings is 1. The van der Waals surface area contributed by atoms with Crippen LogP contribution < -0.4 is 10.1 Å². The second kappa shape index (κ2) is 9.88. The van der Waals surface area contributed by atoms with Crippen LogP contribution in [0.4, 0.5) is 0 Å². The molecule has 2 fully saturated rings. The lowest BCUT2D eigenvalue weighted by molar-refractivity contribution is -0.115. The average molecular weight is 464 g/mol. The summed E-state index contributed by atoms with van der Waals surface area (Å²) in [5.74, 6) is 1.39. The van der Waals surface area contributed by atoms with Crippen LogP contribution in [0.25, 0.3) is 17.0 Å². The van der Waals surface area contributed by atoms with Crippen molar-refractivity contribution in [3.8, 4) is 5.75 Å². The summed E-state index contributed by atoms with van der Waals surface area (Å²) in [6.45, 7) is 1.34. The summed E-state index contributed by atoms with van der Waals surface area (Å²) in [5.41, 5.74) is 1.85. The number of carbonyl (C=O) groups is 1. The molecule has 0 atom stereocenters. The maximum Gasteiger partial charge on any atom is 0.264 e. The van der Waals surface area contributed by atoms with E-state index in [9.17, 15) is 4.79 Å². The van der Waals surface area contributed by atoms with Crippen molar-refractivity contribution in [3.63, 3.8) is 0 Å². The molecule has 1 N–H and O–H groups in total. The highest BCUT2D eigenvalue weighted by molar-refractivity contribution is 8.18. The van der Waals surface area contributed by atoms with Crippen LogP contribution in [0, 0.1) is 5.92 Å². The Balaban J connectivity index is 1.33. The van der Waals surface area contributed by atoms with E-state index in [1.54, 1.807) is 17.5 Å². The van der Waals surface area contributed by atoms with E-state index in [-0.39, 0.29) is 5.91 Å². The van der Waals surface area contributed by atoms with Gasteiger partial charge in [0.1, 0.15) is 5.75 Å². The minimum Gasteiger partial charge on any atom is -0.493 e. The predicted octanol–water partition coefficient (Wildman–Crippen LogP) is 6.02. The van der Waals surface area contributed by atoms with Crippen molar-refractivity contribution in [2.24, 2.45) is 10.9 Å². The average Bonchev–Trinajstić information content (AvgIpc) is 3.47. The second-order valence-corrected chi connectivity index (χ2v) is 10.2. The van der Waals surface area contributed by atoms with Gasteiger partial charge in [-0.05, 0) is 71.8 Å². The number of amidine groups is 1. The van der Waals surface area contributed by atoms with E-state index < -0.39 is 0 Å². The van der Waals surface area contributed by atoms with Gasteiger partial charge in [0.25, 0.3) is 5.91 Å². The highest BCUT2D eigenvalue weighted by atomic mass is 32.2. The van der Waals surface area contributed by atoms with Gasteiger partial charge in [0.05, 0.1) is 23.6 Å². The molecule has 7 heteroatoms. The molecule has 0 radical (unpaired) electrons. The molecule has 3 heterocycles. The third-order valence-corrected chi connectivity index (χ3v) is 7.64. The van der Waals surface area contributed by atoms with E-state index in [1.165, 1.54) is 48.7 Å². The number of hydrogen-bond acceptors (Lipinski definition) is 6. The highest BCUT2D eigenvalue weighted by Crippen LogP contribution is 2.31. The number of amides is 1. The van der Waals surface area contributed by atoms with Crippen LogP contribution >= 0.6 is 23.1 Å². The van der Waals surface area contributed by atoms with E-state index in [1.807, 2.05) is 41.8 Å². The van der Waals surface area contributed by atoms with Gasteiger partial charge in [-0.1, -0.05) is 31.4 Å². The summed E-state index contributed by atoms with van der Waals surface area (Å²) in [5, 5.41) is 6.52. The van der Waals surface area contributed by atoms with Gasteiger partial charge in [-0.2, -0.15) is 0 Å². The molecule has 1 aliphatic heterocycles. The molecule has 1 aliphatic carbocycles.